The monoisotopic (exact) mass is 489 g/mol. The molecule has 0 bridgehead atoms. The average Bonchev–Trinajstić information content (AvgIpc) is 3.17. The van der Waals surface area contributed by atoms with Crippen molar-refractivity contribution < 1.29 is 19.1 Å². The Bertz CT molecular complexity index is 1180. The molecule has 1 saturated heterocycles. The molecule has 8 heteroatoms. The molecule has 0 aromatic heterocycles. The number of amides is 2. The predicted molar refractivity (Wildman–Crippen MR) is 141 cm³/mol. The molecule has 3 aromatic carbocycles. The Morgan fingerprint density at radius 1 is 0.943 bits per heavy atom. The smallest absolute Gasteiger partial charge is 0.247 e. The number of amidine groups is 1. The molecule has 1 aliphatic heterocycles. The minimum Gasteiger partial charge on any atom is -0.497 e. The fourth-order valence-electron chi connectivity index (χ4n) is 3.67. The van der Waals surface area contributed by atoms with Gasteiger partial charge < -0.3 is 14.8 Å². The van der Waals surface area contributed by atoms with Crippen LogP contribution in [0.15, 0.2) is 83.9 Å². The van der Waals surface area contributed by atoms with E-state index in [1.165, 1.54) is 22.2 Å². The standard InChI is InChI=1S/C27H27N3O4S/c1-33-22-12-8-20(9-13-22)29-27(28-17-16-19-6-4-3-5-7-19)35-24-18-25(31)30(26(24)32)21-10-14-23(34-2)15-11-21/h3-15,24H,16-18H2,1-2H3,(H,28,29). The van der Waals surface area contributed by atoms with Gasteiger partial charge in [-0.3, -0.25) is 14.6 Å². The van der Waals surface area contributed by atoms with Crippen LogP contribution >= 0.6 is 11.8 Å². The average molecular weight is 490 g/mol. The van der Waals surface area contributed by atoms with Gasteiger partial charge in [0.15, 0.2) is 5.17 Å². The number of ether oxygens (including phenoxy) is 2. The van der Waals surface area contributed by atoms with Crippen LogP contribution in [0.25, 0.3) is 0 Å². The molecule has 1 atom stereocenters. The summed E-state index contributed by atoms with van der Waals surface area (Å²) in [4.78, 5) is 31.9. The lowest BCUT2D eigenvalue weighted by molar-refractivity contribution is -0.121. The van der Waals surface area contributed by atoms with Crippen molar-refractivity contribution in [3.05, 3.63) is 84.4 Å². The molecule has 1 fully saturated rings. The first-order chi connectivity index (χ1) is 17.1. The Morgan fingerprint density at radius 3 is 2.20 bits per heavy atom. The van der Waals surface area contributed by atoms with Crippen LogP contribution in [0.5, 0.6) is 11.5 Å². The third kappa shape index (κ3) is 6.22. The molecule has 1 aliphatic rings. The first-order valence-corrected chi connectivity index (χ1v) is 12.1. The van der Waals surface area contributed by atoms with Crippen LogP contribution < -0.4 is 19.7 Å². The fraction of sp³-hybridized carbons (Fsp3) is 0.222. The highest BCUT2D eigenvalue weighted by Crippen LogP contribution is 2.32. The van der Waals surface area contributed by atoms with Gasteiger partial charge in [0.05, 0.1) is 19.9 Å². The first-order valence-electron chi connectivity index (χ1n) is 11.2. The van der Waals surface area contributed by atoms with Crippen LogP contribution in [0.2, 0.25) is 0 Å². The molecular weight excluding hydrogens is 462 g/mol. The van der Waals surface area contributed by atoms with Crippen molar-refractivity contribution in [1.82, 2.24) is 0 Å². The summed E-state index contributed by atoms with van der Waals surface area (Å²) in [6.45, 7) is 0.548. The van der Waals surface area contributed by atoms with Gasteiger partial charge in [0.25, 0.3) is 0 Å². The normalized spacial score (nSPS) is 15.9. The van der Waals surface area contributed by atoms with Crippen LogP contribution in [-0.4, -0.2) is 43.0 Å². The van der Waals surface area contributed by atoms with Gasteiger partial charge in [0.1, 0.15) is 16.7 Å². The fourth-order valence-corrected chi connectivity index (χ4v) is 4.71. The molecule has 4 rings (SSSR count). The van der Waals surface area contributed by atoms with Crippen molar-refractivity contribution in [2.75, 3.05) is 31.0 Å². The second-order valence-electron chi connectivity index (χ2n) is 7.85. The van der Waals surface area contributed by atoms with Gasteiger partial charge in [-0.2, -0.15) is 0 Å². The van der Waals surface area contributed by atoms with Crippen molar-refractivity contribution in [2.24, 2.45) is 4.99 Å². The molecule has 35 heavy (non-hydrogen) atoms. The molecule has 0 aliphatic carbocycles. The summed E-state index contributed by atoms with van der Waals surface area (Å²) < 4.78 is 10.4. The number of methoxy groups -OCH3 is 2. The Hall–Kier alpha value is -3.78. The maximum Gasteiger partial charge on any atom is 0.247 e. The lowest BCUT2D eigenvalue weighted by Gasteiger charge is -2.16. The Labute approximate surface area is 209 Å². The highest BCUT2D eigenvalue weighted by molar-refractivity contribution is 8.15. The van der Waals surface area contributed by atoms with Gasteiger partial charge in [0.2, 0.25) is 11.8 Å². The lowest BCUT2D eigenvalue weighted by atomic mass is 10.2. The second kappa shape index (κ2) is 11.6. The summed E-state index contributed by atoms with van der Waals surface area (Å²) in [6, 6.07) is 24.5. The highest BCUT2D eigenvalue weighted by Gasteiger charge is 2.40. The number of hydrogen-bond acceptors (Lipinski definition) is 6. The zero-order valence-corrected chi connectivity index (χ0v) is 20.5. The molecule has 3 aromatic rings. The molecule has 0 spiro atoms. The molecule has 1 N–H and O–H groups in total. The van der Waals surface area contributed by atoms with E-state index >= 15 is 0 Å². The van der Waals surface area contributed by atoms with Gasteiger partial charge in [-0.25, -0.2) is 4.90 Å². The number of nitrogens with zero attached hydrogens (tertiary/aromatic N) is 2. The van der Waals surface area contributed by atoms with Crippen LogP contribution in [0.3, 0.4) is 0 Å². The van der Waals surface area contributed by atoms with E-state index in [0.717, 1.165) is 17.9 Å². The van der Waals surface area contributed by atoms with E-state index in [-0.39, 0.29) is 18.2 Å². The maximum absolute atomic E-state index is 13.2. The number of anilines is 2. The number of carbonyl (C=O) groups excluding carboxylic acids is 2. The van der Waals surface area contributed by atoms with E-state index in [1.807, 2.05) is 42.5 Å². The molecule has 1 heterocycles. The number of carbonyl (C=O) groups is 2. The van der Waals surface area contributed by atoms with E-state index in [9.17, 15) is 9.59 Å². The van der Waals surface area contributed by atoms with Crippen molar-refractivity contribution >= 4 is 40.1 Å². The number of nitrogens with one attached hydrogen (secondary N) is 1. The predicted octanol–water partition coefficient (Wildman–Crippen LogP) is 4.78. The molecule has 7 nitrogen and oxygen atoms in total. The zero-order chi connectivity index (χ0) is 24.6. The van der Waals surface area contributed by atoms with Gasteiger partial charge in [-0.1, -0.05) is 42.1 Å². The summed E-state index contributed by atoms with van der Waals surface area (Å²) >= 11 is 1.28. The van der Waals surface area contributed by atoms with E-state index in [0.29, 0.717) is 23.1 Å². The molecule has 180 valence electrons. The number of imide groups is 1. The quantitative estimate of drug-likeness (QED) is 0.279. The van der Waals surface area contributed by atoms with Crippen molar-refractivity contribution in [1.29, 1.82) is 0 Å². The SMILES string of the molecule is COc1ccc(NC(=NCCc2ccccc2)SC2CC(=O)N(c3ccc(OC)cc3)C2=O)cc1. The number of thioether (sulfide) groups is 1. The minimum absolute atomic E-state index is 0.109. The topological polar surface area (TPSA) is 80.2 Å². The van der Waals surface area contributed by atoms with Crippen LogP contribution in [0.1, 0.15) is 12.0 Å². The molecular formula is C27H27N3O4S. The maximum atomic E-state index is 13.2. The van der Waals surface area contributed by atoms with E-state index in [4.69, 9.17) is 14.5 Å². The molecule has 2 amide bonds. The van der Waals surface area contributed by atoms with E-state index in [2.05, 4.69) is 17.4 Å². The van der Waals surface area contributed by atoms with Gasteiger partial charge in [0, 0.05) is 18.7 Å². The number of aliphatic imine (C=N–C) groups is 1. The summed E-state index contributed by atoms with van der Waals surface area (Å²) in [6.07, 6.45) is 0.877. The third-order valence-corrected chi connectivity index (χ3v) is 6.64. The first kappa shape index (κ1) is 24.3. The van der Waals surface area contributed by atoms with E-state index in [1.54, 1.807) is 38.5 Å². The van der Waals surface area contributed by atoms with Crippen LogP contribution in [-0.2, 0) is 16.0 Å². The molecule has 0 saturated carbocycles. The van der Waals surface area contributed by atoms with Gasteiger partial charge in [-0.15, -0.1) is 0 Å². The summed E-state index contributed by atoms with van der Waals surface area (Å²) in [7, 11) is 3.19. The Balaban J connectivity index is 1.50. The molecule has 1 unspecified atom stereocenters. The lowest BCUT2D eigenvalue weighted by Crippen LogP contribution is -2.31. The van der Waals surface area contributed by atoms with Gasteiger partial charge in [-0.05, 0) is 60.5 Å². The van der Waals surface area contributed by atoms with Crippen LogP contribution in [0.4, 0.5) is 11.4 Å². The van der Waals surface area contributed by atoms with E-state index < -0.39 is 5.25 Å². The minimum atomic E-state index is -0.564. The molecule has 0 radical (unpaired) electrons. The third-order valence-electron chi connectivity index (χ3n) is 5.53. The van der Waals surface area contributed by atoms with Crippen molar-refractivity contribution in [3.63, 3.8) is 0 Å². The largest absolute Gasteiger partial charge is 0.497 e. The number of benzene rings is 3. The van der Waals surface area contributed by atoms with Gasteiger partial charge >= 0.3 is 0 Å². The second-order valence-corrected chi connectivity index (χ2v) is 9.04. The highest BCUT2D eigenvalue weighted by atomic mass is 32.2. The van der Waals surface area contributed by atoms with Crippen LogP contribution in [0, 0.1) is 0 Å². The summed E-state index contributed by atoms with van der Waals surface area (Å²) in [5, 5.41) is 3.33. The van der Waals surface area contributed by atoms with Crippen molar-refractivity contribution in [2.45, 2.75) is 18.1 Å². The summed E-state index contributed by atoms with van der Waals surface area (Å²) in [5.41, 5.74) is 2.54. The summed E-state index contributed by atoms with van der Waals surface area (Å²) in [5.74, 6) is 0.927. The zero-order valence-electron chi connectivity index (χ0n) is 19.6. The van der Waals surface area contributed by atoms with Crippen molar-refractivity contribution in [3.8, 4) is 11.5 Å². The number of hydrogen-bond donors (Lipinski definition) is 1. The Morgan fingerprint density at radius 2 is 1.57 bits per heavy atom. The number of rotatable bonds is 8. The Kier molecular flexibility index (Phi) is 8.05.